The Morgan fingerprint density at radius 1 is 1.86 bits per heavy atom. The SMILES string of the molecule is CCC[P+](=O)O.[Ca+2].[H-].[H-]. The summed E-state index contributed by atoms with van der Waals surface area (Å²) in [4.78, 5) is 8.06. The van der Waals surface area contributed by atoms with Gasteiger partial charge in [0, 0.05) is 0 Å². The van der Waals surface area contributed by atoms with Gasteiger partial charge in [0.1, 0.15) is 0 Å². The largest absolute Gasteiger partial charge is 2.00 e. The van der Waals surface area contributed by atoms with Crippen LogP contribution in [0.15, 0.2) is 0 Å². The third-order valence-corrected chi connectivity index (χ3v) is 1.24. The van der Waals surface area contributed by atoms with Crippen LogP contribution < -0.4 is 0 Å². The predicted octanol–water partition coefficient (Wildman–Crippen LogP) is 0.975. The van der Waals surface area contributed by atoms with Crippen molar-refractivity contribution in [2.24, 2.45) is 0 Å². The van der Waals surface area contributed by atoms with E-state index in [0.717, 1.165) is 6.42 Å². The third kappa shape index (κ3) is 11.1. The topological polar surface area (TPSA) is 37.3 Å². The van der Waals surface area contributed by atoms with Gasteiger partial charge in [0.2, 0.25) is 0 Å². The van der Waals surface area contributed by atoms with E-state index in [2.05, 4.69) is 0 Å². The Kier molecular flexibility index (Phi) is 11.7. The normalized spacial score (nSPS) is 9.71. The van der Waals surface area contributed by atoms with E-state index in [9.17, 15) is 4.57 Å². The predicted molar refractivity (Wildman–Crippen MR) is 33.0 cm³/mol. The molecule has 0 bridgehead atoms. The van der Waals surface area contributed by atoms with Gasteiger partial charge in [-0.3, -0.25) is 0 Å². The molecule has 0 saturated heterocycles. The third-order valence-electron chi connectivity index (χ3n) is 0.415. The molecule has 0 radical (unpaired) electrons. The maximum Gasteiger partial charge on any atom is 2.00 e. The van der Waals surface area contributed by atoms with Gasteiger partial charge in [-0.15, -0.1) is 0 Å². The van der Waals surface area contributed by atoms with Gasteiger partial charge in [0.05, 0.1) is 0 Å². The molecule has 1 unspecified atom stereocenters. The standard InChI is InChI=1S/C3H7O2P.Ca.2H/c1-2-3-6(4)5;;;/h2-3H2,1H3;;;/q;+2;2*-1/p+1. The molecule has 0 fully saturated rings. The zero-order chi connectivity index (χ0) is 4.99. The van der Waals surface area contributed by atoms with E-state index in [1.54, 1.807) is 0 Å². The van der Waals surface area contributed by atoms with Crippen molar-refractivity contribution in [3.8, 4) is 0 Å². The molecule has 0 spiro atoms. The minimum atomic E-state index is -1.85. The minimum absolute atomic E-state index is 0. The van der Waals surface area contributed by atoms with Crippen LogP contribution in [0.3, 0.4) is 0 Å². The fraction of sp³-hybridized carbons (Fsp3) is 1.00. The van der Waals surface area contributed by atoms with Crippen LogP contribution in [0.5, 0.6) is 0 Å². The average Bonchev–Trinajstić information content (AvgIpc) is 1.35. The summed E-state index contributed by atoms with van der Waals surface area (Å²) >= 11 is 0. The number of hydrogen-bond donors (Lipinski definition) is 1. The van der Waals surface area contributed by atoms with Crippen LogP contribution in [-0.4, -0.2) is 48.8 Å². The second-order valence-corrected chi connectivity index (χ2v) is 2.23. The van der Waals surface area contributed by atoms with Gasteiger partial charge in [-0.1, -0.05) is 6.92 Å². The van der Waals surface area contributed by atoms with E-state index in [4.69, 9.17) is 4.89 Å². The summed E-state index contributed by atoms with van der Waals surface area (Å²) in [6, 6.07) is 0. The van der Waals surface area contributed by atoms with Crippen LogP contribution in [0, 0.1) is 0 Å². The Labute approximate surface area is 77.1 Å². The van der Waals surface area contributed by atoms with Crippen molar-refractivity contribution in [2.45, 2.75) is 13.3 Å². The second-order valence-electron chi connectivity index (χ2n) is 1.08. The monoisotopic (exact) mass is 149 g/mol. The molecule has 0 aliphatic rings. The molecule has 0 aromatic carbocycles. The molecule has 0 amide bonds. The van der Waals surface area contributed by atoms with Crippen molar-refractivity contribution in [3.63, 3.8) is 0 Å². The van der Waals surface area contributed by atoms with E-state index < -0.39 is 8.03 Å². The molecule has 0 heterocycles. The second kappa shape index (κ2) is 7.32. The summed E-state index contributed by atoms with van der Waals surface area (Å²) in [5, 5.41) is 0. The molecule has 0 aliphatic carbocycles. The van der Waals surface area contributed by atoms with Crippen LogP contribution >= 0.6 is 8.03 Å². The van der Waals surface area contributed by atoms with Gasteiger partial charge in [-0.05, 0) is 11.0 Å². The zero-order valence-corrected chi connectivity index (χ0v) is 7.53. The molecular weight excluding hydrogens is 139 g/mol. The molecule has 7 heavy (non-hydrogen) atoms. The van der Waals surface area contributed by atoms with E-state index in [1.165, 1.54) is 0 Å². The van der Waals surface area contributed by atoms with Crippen molar-refractivity contribution >= 4 is 45.8 Å². The Balaban J connectivity index is -0.0000000417. The zero-order valence-electron chi connectivity index (χ0n) is 6.42. The van der Waals surface area contributed by atoms with Gasteiger partial charge in [-0.2, -0.15) is 4.89 Å². The van der Waals surface area contributed by atoms with Gasteiger partial charge < -0.3 is 2.85 Å². The fourth-order valence-corrected chi connectivity index (χ4v) is 0.574. The first-order chi connectivity index (χ1) is 2.77. The molecule has 0 rings (SSSR count). The molecule has 0 aromatic heterocycles. The smallest absolute Gasteiger partial charge is 1.00 e. The van der Waals surface area contributed by atoms with Gasteiger partial charge in [0.15, 0.2) is 6.16 Å². The molecule has 0 saturated carbocycles. The van der Waals surface area contributed by atoms with Crippen molar-refractivity contribution in [2.75, 3.05) is 6.16 Å². The molecule has 1 atom stereocenters. The molecule has 4 heteroatoms. The Morgan fingerprint density at radius 3 is 2.29 bits per heavy atom. The van der Waals surface area contributed by atoms with Crippen molar-refractivity contribution in [1.82, 2.24) is 0 Å². The minimum Gasteiger partial charge on any atom is -1.00 e. The Hall–Kier alpha value is 1.32. The maximum absolute atomic E-state index is 9.75. The Morgan fingerprint density at radius 2 is 2.29 bits per heavy atom. The Bertz CT molecular complexity index is 63.8. The summed E-state index contributed by atoms with van der Waals surface area (Å²) < 4.78 is 9.75. The molecular formula is C3H10CaO2P+. The first kappa shape index (κ1) is 11.2. The van der Waals surface area contributed by atoms with E-state index >= 15 is 0 Å². The summed E-state index contributed by atoms with van der Waals surface area (Å²) in [5.74, 6) is 0. The van der Waals surface area contributed by atoms with Gasteiger partial charge in [-0.25, -0.2) is 0 Å². The van der Waals surface area contributed by atoms with E-state index in [0.29, 0.717) is 6.16 Å². The van der Waals surface area contributed by atoms with Crippen LogP contribution in [0.25, 0.3) is 0 Å². The quantitative estimate of drug-likeness (QED) is 0.469. The van der Waals surface area contributed by atoms with Crippen LogP contribution in [0.1, 0.15) is 16.2 Å². The maximum atomic E-state index is 9.75. The average molecular weight is 149 g/mol. The van der Waals surface area contributed by atoms with Gasteiger partial charge >= 0.3 is 45.8 Å². The van der Waals surface area contributed by atoms with Crippen molar-refractivity contribution in [1.29, 1.82) is 0 Å². The fourth-order valence-electron chi connectivity index (χ4n) is 0.191. The first-order valence-corrected chi connectivity index (χ1v) is 3.30. The summed E-state index contributed by atoms with van der Waals surface area (Å²) in [6.07, 6.45) is 1.24. The summed E-state index contributed by atoms with van der Waals surface area (Å²) in [7, 11) is -1.85. The molecule has 0 aliphatic heterocycles. The molecule has 2 nitrogen and oxygen atoms in total. The van der Waals surface area contributed by atoms with E-state index in [1.807, 2.05) is 6.92 Å². The van der Waals surface area contributed by atoms with Crippen LogP contribution in [-0.2, 0) is 4.57 Å². The van der Waals surface area contributed by atoms with Gasteiger partial charge in [0.25, 0.3) is 0 Å². The molecule has 1 N–H and O–H groups in total. The van der Waals surface area contributed by atoms with Crippen LogP contribution in [0.4, 0.5) is 0 Å². The summed E-state index contributed by atoms with van der Waals surface area (Å²) in [6.45, 7) is 1.88. The first-order valence-electron chi connectivity index (χ1n) is 1.91. The molecule has 0 aromatic rings. The van der Waals surface area contributed by atoms with Crippen molar-refractivity contribution in [3.05, 3.63) is 0 Å². The molecule has 40 valence electrons. The number of hydrogen-bond acceptors (Lipinski definition) is 1. The van der Waals surface area contributed by atoms with Crippen LogP contribution in [0.2, 0.25) is 0 Å². The summed E-state index contributed by atoms with van der Waals surface area (Å²) in [5.41, 5.74) is 0. The van der Waals surface area contributed by atoms with Crippen molar-refractivity contribution < 1.29 is 12.3 Å². The number of rotatable bonds is 2. The van der Waals surface area contributed by atoms with E-state index in [-0.39, 0.29) is 40.6 Å².